The molecule has 0 fully saturated rings. The van der Waals surface area contributed by atoms with Crippen molar-refractivity contribution in [2.45, 2.75) is 26.7 Å². The molecule has 0 aromatic heterocycles. The number of hydrogen-bond donors (Lipinski definition) is 2. The summed E-state index contributed by atoms with van der Waals surface area (Å²) in [5, 5.41) is 5.21. The number of benzene rings is 2. The third-order valence-electron chi connectivity index (χ3n) is 3.59. The van der Waals surface area contributed by atoms with Crippen molar-refractivity contribution in [2.24, 2.45) is 0 Å². The molecule has 0 aliphatic rings. The van der Waals surface area contributed by atoms with Crippen molar-refractivity contribution < 1.29 is 23.5 Å². The highest BCUT2D eigenvalue weighted by atomic mass is 19.1. The topological polar surface area (TPSA) is 84.5 Å². The molecule has 0 radical (unpaired) electrons. The van der Waals surface area contributed by atoms with Crippen LogP contribution in [0, 0.1) is 5.82 Å². The molecule has 2 aromatic carbocycles. The van der Waals surface area contributed by atoms with Crippen LogP contribution < -0.4 is 15.4 Å². The Kier molecular flexibility index (Phi) is 7.05. The van der Waals surface area contributed by atoms with Gasteiger partial charge in [-0.15, -0.1) is 0 Å². The lowest BCUT2D eigenvalue weighted by molar-refractivity contribution is -0.118. The molecule has 7 heteroatoms. The maximum Gasteiger partial charge on any atom is 0.262 e. The van der Waals surface area contributed by atoms with Gasteiger partial charge in [-0.05, 0) is 49.7 Å². The van der Waals surface area contributed by atoms with E-state index in [-0.39, 0.29) is 29.6 Å². The summed E-state index contributed by atoms with van der Waals surface area (Å²) in [5.41, 5.74) is 1.04. The Morgan fingerprint density at radius 3 is 2.37 bits per heavy atom. The van der Waals surface area contributed by atoms with Crippen LogP contribution in [0.2, 0.25) is 0 Å². The number of ether oxygens (including phenoxy) is 1. The molecule has 0 saturated heterocycles. The van der Waals surface area contributed by atoms with Crippen molar-refractivity contribution in [2.75, 3.05) is 17.2 Å². The van der Waals surface area contributed by atoms with Crippen molar-refractivity contribution >= 4 is 29.0 Å². The Bertz CT molecular complexity index is 852. The maximum absolute atomic E-state index is 13.1. The average molecular weight is 372 g/mol. The second-order valence-corrected chi connectivity index (χ2v) is 5.91. The first-order chi connectivity index (χ1) is 12.9. The summed E-state index contributed by atoms with van der Waals surface area (Å²) in [6.45, 7) is 2.91. The highest BCUT2D eigenvalue weighted by Gasteiger charge is 2.13. The number of carbonyl (C=O) groups excluding carboxylic acids is 3. The van der Waals surface area contributed by atoms with Gasteiger partial charge in [0.1, 0.15) is 11.6 Å². The SMILES string of the molecule is CCCC(=O)Nc1ccc(OCC(=O)Nc2cccc(F)c2)c(C(C)=O)c1. The van der Waals surface area contributed by atoms with Gasteiger partial charge in [0.2, 0.25) is 5.91 Å². The normalized spacial score (nSPS) is 10.2. The van der Waals surface area contributed by atoms with E-state index in [1.165, 1.54) is 37.3 Å². The van der Waals surface area contributed by atoms with E-state index in [2.05, 4.69) is 10.6 Å². The van der Waals surface area contributed by atoms with E-state index in [0.717, 1.165) is 0 Å². The minimum absolute atomic E-state index is 0.143. The molecule has 2 N–H and O–H groups in total. The van der Waals surface area contributed by atoms with Crippen LogP contribution in [0.5, 0.6) is 5.75 Å². The molecule has 0 spiro atoms. The Hall–Kier alpha value is -3.22. The summed E-state index contributed by atoms with van der Waals surface area (Å²) < 4.78 is 18.6. The van der Waals surface area contributed by atoms with Gasteiger partial charge in [0.05, 0.1) is 5.56 Å². The lowest BCUT2D eigenvalue weighted by Gasteiger charge is -2.12. The fourth-order valence-electron chi connectivity index (χ4n) is 2.37. The Morgan fingerprint density at radius 1 is 1.00 bits per heavy atom. The number of nitrogens with one attached hydrogen (secondary N) is 2. The first kappa shape index (κ1) is 20.1. The Balaban J connectivity index is 2.03. The zero-order valence-electron chi connectivity index (χ0n) is 15.2. The number of rotatable bonds is 8. The lowest BCUT2D eigenvalue weighted by Crippen LogP contribution is -2.21. The Morgan fingerprint density at radius 2 is 1.70 bits per heavy atom. The van der Waals surface area contributed by atoms with Crippen molar-refractivity contribution in [3.63, 3.8) is 0 Å². The van der Waals surface area contributed by atoms with E-state index in [4.69, 9.17) is 4.74 Å². The molecule has 0 aliphatic carbocycles. The smallest absolute Gasteiger partial charge is 0.262 e. The largest absolute Gasteiger partial charge is 0.483 e. The molecule has 2 amide bonds. The van der Waals surface area contributed by atoms with Gasteiger partial charge in [-0.3, -0.25) is 14.4 Å². The summed E-state index contributed by atoms with van der Waals surface area (Å²) in [6, 6.07) is 10.1. The van der Waals surface area contributed by atoms with Crippen molar-refractivity contribution in [1.29, 1.82) is 0 Å². The van der Waals surface area contributed by atoms with E-state index in [1.54, 1.807) is 12.1 Å². The number of carbonyl (C=O) groups is 3. The second-order valence-electron chi connectivity index (χ2n) is 5.91. The zero-order chi connectivity index (χ0) is 19.8. The molecule has 2 aromatic rings. The van der Waals surface area contributed by atoms with Gasteiger partial charge in [-0.2, -0.15) is 0 Å². The van der Waals surface area contributed by atoms with E-state index in [0.29, 0.717) is 24.2 Å². The summed E-state index contributed by atoms with van der Waals surface area (Å²) >= 11 is 0. The monoisotopic (exact) mass is 372 g/mol. The number of anilines is 2. The highest BCUT2D eigenvalue weighted by molar-refractivity contribution is 5.99. The number of Topliss-reactive ketones (excluding diaryl/α,β-unsaturated/α-hetero) is 1. The standard InChI is InChI=1S/C20H21FN2O4/c1-3-5-19(25)22-16-8-9-18(17(11-16)13(2)24)27-12-20(26)23-15-7-4-6-14(21)10-15/h4,6-11H,3,5,12H2,1-2H3,(H,22,25)(H,23,26). The van der Waals surface area contributed by atoms with Gasteiger partial charge >= 0.3 is 0 Å². The maximum atomic E-state index is 13.1. The molecule has 142 valence electrons. The molecule has 0 unspecified atom stereocenters. The van der Waals surface area contributed by atoms with Crippen LogP contribution in [0.25, 0.3) is 0 Å². The van der Waals surface area contributed by atoms with Crippen LogP contribution in [-0.4, -0.2) is 24.2 Å². The van der Waals surface area contributed by atoms with Gasteiger partial charge in [-0.25, -0.2) is 4.39 Å². The summed E-state index contributed by atoms with van der Waals surface area (Å²) in [6.07, 6.45) is 1.10. The molecule has 0 aliphatic heterocycles. The third-order valence-corrected chi connectivity index (χ3v) is 3.59. The molecule has 0 saturated carbocycles. The van der Waals surface area contributed by atoms with E-state index < -0.39 is 11.7 Å². The molecular weight excluding hydrogens is 351 g/mol. The minimum Gasteiger partial charge on any atom is -0.483 e. The molecule has 6 nitrogen and oxygen atoms in total. The minimum atomic E-state index is -0.490. The van der Waals surface area contributed by atoms with Crippen LogP contribution in [0.4, 0.5) is 15.8 Å². The summed E-state index contributed by atoms with van der Waals surface area (Å²) in [4.78, 5) is 35.5. The molecule has 0 atom stereocenters. The summed E-state index contributed by atoms with van der Waals surface area (Å²) in [5.74, 6) is -1.13. The van der Waals surface area contributed by atoms with E-state index in [1.807, 2.05) is 6.92 Å². The van der Waals surface area contributed by atoms with Gasteiger partial charge < -0.3 is 15.4 Å². The third kappa shape index (κ3) is 6.22. The first-order valence-corrected chi connectivity index (χ1v) is 8.52. The van der Waals surface area contributed by atoms with Crippen LogP contribution >= 0.6 is 0 Å². The number of amides is 2. The number of hydrogen-bond acceptors (Lipinski definition) is 4. The number of ketones is 1. The average Bonchev–Trinajstić information content (AvgIpc) is 2.60. The van der Waals surface area contributed by atoms with Gasteiger partial charge in [0.25, 0.3) is 5.91 Å². The van der Waals surface area contributed by atoms with Crippen molar-refractivity contribution in [1.82, 2.24) is 0 Å². The van der Waals surface area contributed by atoms with Crippen LogP contribution in [0.3, 0.4) is 0 Å². The molecule has 2 rings (SSSR count). The predicted octanol–water partition coefficient (Wildman–Crippen LogP) is 3.78. The molecule has 27 heavy (non-hydrogen) atoms. The molecular formula is C20H21FN2O4. The zero-order valence-corrected chi connectivity index (χ0v) is 15.2. The fourth-order valence-corrected chi connectivity index (χ4v) is 2.37. The summed E-state index contributed by atoms with van der Waals surface area (Å²) in [7, 11) is 0. The quantitative estimate of drug-likeness (QED) is 0.691. The molecule has 0 bridgehead atoms. The van der Waals surface area contributed by atoms with Crippen LogP contribution in [0.15, 0.2) is 42.5 Å². The predicted molar refractivity (Wildman–Crippen MR) is 101 cm³/mol. The van der Waals surface area contributed by atoms with Crippen molar-refractivity contribution in [3.8, 4) is 5.75 Å². The lowest BCUT2D eigenvalue weighted by atomic mass is 10.1. The molecule has 0 heterocycles. The van der Waals surface area contributed by atoms with E-state index in [9.17, 15) is 18.8 Å². The fraction of sp³-hybridized carbons (Fsp3) is 0.250. The Labute approximate surface area is 156 Å². The number of halogens is 1. The van der Waals surface area contributed by atoms with Gasteiger partial charge in [-0.1, -0.05) is 13.0 Å². The van der Waals surface area contributed by atoms with Gasteiger partial charge in [0, 0.05) is 17.8 Å². The van der Waals surface area contributed by atoms with Crippen LogP contribution in [-0.2, 0) is 9.59 Å². The van der Waals surface area contributed by atoms with E-state index >= 15 is 0 Å². The van der Waals surface area contributed by atoms with Gasteiger partial charge in [0.15, 0.2) is 12.4 Å². The first-order valence-electron chi connectivity index (χ1n) is 8.52. The van der Waals surface area contributed by atoms with Crippen LogP contribution in [0.1, 0.15) is 37.0 Å². The second kappa shape index (κ2) is 9.47. The highest BCUT2D eigenvalue weighted by Crippen LogP contribution is 2.24. The van der Waals surface area contributed by atoms with Crippen molar-refractivity contribution in [3.05, 3.63) is 53.8 Å².